The van der Waals surface area contributed by atoms with Gasteiger partial charge in [-0.25, -0.2) is 0 Å². The fraction of sp³-hybridized carbons (Fsp3) is 1.00. The molecule has 0 saturated carbocycles. The fourth-order valence-corrected chi connectivity index (χ4v) is 2.04. The van der Waals surface area contributed by atoms with Gasteiger partial charge in [-0.3, -0.25) is 0 Å². The fourth-order valence-electron chi connectivity index (χ4n) is 2.04. The van der Waals surface area contributed by atoms with E-state index in [0.29, 0.717) is 18.6 Å². The van der Waals surface area contributed by atoms with Crippen LogP contribution in [0, 0.1) is 5.92 Å². The molecule has 1 aliphatic rings. The Hall–Kier alpha value is -0.120. The maximum Gasteiger partial charge on any atom is 0.0443 e. The van der Waals surface area contributed by atoms with Crippen molar-refractivity contribution in [3.63, 3.8) is 0 Å². The molecule has 1 aliphatic heterocycles. The molecule has 0 aromatic carbocycles. The van der Waals surface area contributed by atoms with Gasteiger partial charge in [-0.2, -0.15) is 0 Å². The highest BCUT2D eigenvalue weighted by Gasteiger charge is 2.23. The summed E-state index contributed by atoms with van der Waals surface area (Å²) >= 11 is 0. The average Bonchev–Trinajstić information content (AvgIpc) is 2.17. The van der Waals surface area contributed by atoms with Crippen molar-refractivity contribution < 1.29 is 5.11 Å². The number of piperidine rings is 1. The highest BCUT2D eigenvalue weighted by Crippen LogP contribution is 2.20. The van der Waals surface area contributed by atoms with E-state index < -0.39 is 0 Å². The predicted molar refractivity (Wildman–Crippen MR) is 54.5 cm³/mol. The highest BCUT2D eigenvalue weighted by molar-refractivity contribution is 4.79. The van der Waals surface area contributed by atoms with Crippen molar-refractivity contribution in [3.05, 3.63) is 0 Å². The van der Waals surface area contributed by atoms with E-state index in [4.69, 9.17) is 10.8 Å². The zero-order valence-electron chi connectivity index (χ0n) is 8.58. The second-order valence-electron chi connectivity index (χ2n) is 4.10. The van der Waals surface area contributed by atoms with Gasteiger partial charge >= 0.3 is 0 Å². The number of hydrogen-bond donors (Lipinski definition) is 2. The number of nitrogens with two attached hydrogens (primary N) is 1. The Kier molecular flexibility index (Phi) is 4.70. The summed E-state index contributed by atoms with van der Waals surface area (Å²) in [5.74, 6) is 0.676. The summed E-state index contributed by atoms with van der Waals surface area (Å²) in [4.78, 5) is 2.46. The van der Waals surface area contributed by atoms with Gasteiger partial charge in [0.25, 0.3) is 0 Å². The largest absolute Gasteiger partial charge is 0.396 e. The molecule has 0 aromatic heterocycles. The third-order valence-corrected chi connectivity index (χ3v) is 3.05. The van der Waals surface area contributed by atoms with Crippen LogP contribution >= 0.6 is 0 Å². The van der Waals surface area contributed by atoms with Crippen LogP contribution in [-0.4, -0.2) is 42.3 Å². The molecule has 0 radical (unpaired) electrons. The second-order valence-corrected chi connectivity index (χ2v) is 4.10. The van der Waals surface area contributed by atoms with Crippen LogP contribution in [0.3, 0.4) is 0 Å². The molecule has 0 aromatic rings. The van der Waals surface area contributed by atoms with Gasteiger partial charge in [0, 0.05) is 25.7 Å². The molecule has 3 N–H and O–H groups in total. The van der Waals surface area contributed by atoms with Gasteiger partial charge in [0.15, 0.2) is 0 Å². The molecule has 1 heterocycles. The van der Waals surface area contributed by atoms with Crippen molar-refractivity contribution in [2.75, 3.05) is 26.2 Å². The number of aliphatic hydroxyl groups is 1. The van der Waals surface area contributed by atoms with E-state index in [0.717, 1.165) is 26.1 Å². The first kappa shape index (κ1) is 11.0. The van der Waals surface area contributed by atoms with Crippen molar-refractivity contribution >= 4 is 0 Å². The Morgan fingerprint density at radius 3 is 2.85 bits per heavy atom. The molecule has 3 nitrogen and oxygen atoms in total. The third kappa shape index (κ3) is 3.25. The minimum absolute atomic E-state index is 0.302. The normalized spacial score (nSPS) is 30.7. The van der Waals surface area contributed by atoms with E-state index in [1.54, 1.807) is 0 Å². The van der Waals surface area contributed by atoms with Gasteiger partial charge in [-0.05, 0) is 38.6 Å². The first-order valence-electron chi connectivity index (χ1n) is 5.33. The van der Waals surface area contributed by atoms with Crippen LogP contribution in [0.15, 0.2) is 0 Å². The standard InChI is InChI=1S/C10H22N2O/c1-9-3-4-10(7-11)8-12(9)5-2-6-13/h9-10,13H,2-8,11H2,1H3. The Morgan fingerprint density at radius 2 is 2.23 bits per heavy atom. The quantitative estimate of drug-likeness (QED) is 0.669. The van der Waals surface area contributed by atoms with Crippen LogP contribution in [-0.2, 0) is 0 Å². The summed E-state index contributed by atoms with van der Waals surface area (Å²) in [5.41, 5.74) is 5.66. The van der Waals surface area contributed by atoms with Gasteiger partial charge in [0.2, 0.25) is 0 Å². The molecular weight excluding hydrogens is 164 g/mol. The molecule has 0 amide bonds. The molecule has 3 heteroatoms. The predicted octanol–water partition coefficient (Wildman–Crippen LogP) is 0.428. The number of aliphatic hydroxyl groups excluding tert-OH is 1. The lowest BCUT2D eigenvalue weighted by Gasteiger charge is -2.37. The van der Waals surface area contributed by atoms with Crippen LogP contribution in [0.5, 0.6) is 0 Å². The molecule has 0 aliphatic carbocycles. The second kappa shape index (κ2) is 5.58. The number of rotatable bonds is 4. The van der Waals surface area contributed by atoms with Gasteiger partial charge in [-0.15, -0.1) is 0 Å². The van der Waals surface area contributed by atoms with E-state index in [1.165, 1.54) is 12.8 Å². The first-order valence-corrected chi connectivity index (χ1v) is 5.33. The maximum atomic E-state index is 8.75. The zero-order valence-corrected chi connectivity index (χ0v) is 8.58. The molecule has 1 rings (SSSR count). The number of nitrogens with zero attached hydrogens (tertiary/aromatic N) is 1. The van der Waals surface area contributed by atoms with Gasteiger partial charge in [0.05, 0.1) is 0 Å². The van der Waals surface area contributed by atoms with Gasteiger partial charge in [-0.1, -0.05) is 0 Å². The lowest BCUT2D eigenvalue weighted by molar-refractivity contribution is 0.111. The molecular formula is C10H22N2O. The average molecular weight is 186 g/mol. The topological polar surface area (TPSA) is 49.5 Å². The summed E-state index contributed by atoms with van der Waals surface area (Å²) < 4.78 is 0. The molecule has 2 atom stereocenters. The van der Waals surface area contributed by atoms with Crippen LogP contribution in [0.4, 0.5) is 0 Å². The number of hydrogen-bond acceptors (Lipinski definition) is 3. The Bertz CT molecular complexity index is 141. The van der Waals surface area contributed by atoms with E-state index in [1.807, 2.05) is 0 Å². The Balaban J connectivity index is 2.31. The smallest absolute Gasteiger partial charge is 0.0443 e. The molecule has 78 valence electrons. The number of likely N-dealkylation sites (tertiary alicyclic amines) is 1. The molecule has 2 unspecified atom stereocenters. The van der Waals surface area contributed by atoms with Crippen molar-refractivity contribution in [2.45, 2.75) is 32.2 Å². The third-order valence-electron chi connectivity index (χ3n) is 3.05. The summed E-state index contributed by atoms with van der Waals surface area (Å²) in [7, 11) is 0. The van der Waals surface area contributed by atoms with Crippen LogP contribution < -0.4 is 5.73 Å². The lowest BCUT2D eigenvalue weighted by Crippen LogP contribution is -2.44. The first-order chi connectivity index (χ1) is 6.27. The Labute approximate surface area is 80.9 Å². The highest BCUT2D eigenvalue weighted by atomic mass is 16.3. The lowest BCUT2D eigenvalue weighted by atomic mass is 9.93. The molecule has 13 heavy (non-hydrogen) atoms. The maximum absolute atomic E-state index is 8.75. The monoisotopic (exact) mass is 186 g/mol. The molecule has 1 saturated heterocycles. The van der Waals surface area contributed by atoms with Crippen molar-refractivity contribution in [2.24, 2.45) is 11.7 Å². The van der Waals surface area contributed by atoms with E-state index in [-0.39, 0.29) is 0 Å². The SMILES string of the molecule is CC1CCC(CN)CN1CCCO. The molecule has 1 fully saturated rings. The zero-order chi connectivity index (χ0) is 9.68. The van der Waals surface area contributed by atoms with E-state index >= 15 is 0 Å². The van der Waals surface area contributed by atoms with Crippen molar-refractivity contribution in [1.29, 1.82) is 0 Å². The van der Waals surface area contributed by atoms with Crippen LogP contribution in [0.2, 0.25) is 0 Å². The van der Waals surface area contributed by atoms with Gasteiger partial charge in [0.1, 0.15) is 0 Å². The minimum Gasteiger partial charge on any atom is -0.396 e. The molecule has 0 bridgehead atoms. The summed E-state index contributed by atoms with van der Waals surface area (Å²) in [5, 5.41) is 8.75. The Morgan fingerprint density at radius 1 is 1.46 bits per heavy atom. The molecule has 0 spiro atoms. The summed E-state index contributed by atoms with van der Waals surface area (Å²) in [6.07, 6.45) is 3.42. The summed E-state index contributed by atoms with van der Waals surface area (Å²) in [6.45, 7) is 5.52. The van der Waals surface area contributed by atoms with Crippen LogP contribution in [0.1, 0.15) is 26.2 Å². The summed E-state index contributed by atoms with van der Waals surface area (Å²) in [6, 6.07) is 0.675. The van der Waals surface area contributed by atoms with Gasteiger partial charge < -0.3 is 15.7 Å². The van der Waals surface area contributed by atoms with Crippen molar-refractivity contribution in [1.82, 2.24) is 4.90 Å². The van der Waals surface area contributed by atoms with Crippen molar-refractivity contribution in [3.8, 4) is 0 Å². The minimum atomic E-state index is 0.302. The van der Waals surface area contributed by atoms with E-state index in [9.17, 15) is 0 Å². The van der Waals surface area contributed by atoms with E-state index in [2.05, 4.69) is 11.8 Å². The van der Waals surface area contributed by atoms with Crippen LogP contribution in [0.25, 0.3) is 0 Å².